The van der Waals surface area contributed by atoms with Gasteiger partial charge in [-0.05, 0) is 12.1 Å². The Kier molecular flexibility index (Phi) is 12.5. The second kappa shape index (κ2) is 14.4. The lowest BCUT2D eigenvalue weighted by atomic mass is 10.3. The highest BCUT2D eigenvalue weighted by Crippen LogP contribution is 2.08. The maximum absolute atomic E-state index is 9.55. The van der Waals surface area contributed by atoms with Crippen LogP contribution in [-0.4, -0.2) is 75.5 Å². The van der Waals surface area contributed by atoms with Gasteiger partial charge in [-0.3, -0.25) is 0 Å². The van der Waals surface area contributed by atoms with Gasteiger partial charge in [-0.2, -0.15) is 0 Å². The molecule has 0 radical (unpaired) electrons. The van der Waals surface area contributed by atoms with E-state index in [0.717, 1.165) is 32.0 Å². The SMILES string of the molecule is O=C(O)/C=C\C(=O)O.O=C(O)/C=C\C(=O)O.c1ccc(N2CCNCC2)nc1. The predicted octanol–water partition coefficient (Wildman–Crippen LogP) is -0.0852. The lowest BCUT2D eigenvalue weighted by Gasteiger charge is -2.28. The van der Waals surface area contributed by atoms with E-state index in [-0.39, 0.29) is 0 Å². The van der Waals surface area contributed by atoms with Crippen molar-refractivity contribution in [2.75, 3.05) is 31.1 Å². The standard InChI is InChI=1S/C9H13N3.2C4H4O4/c1-2-4-11-9(3-1)12-7-5-10-6-8-12;2*5-3(6)1-2-4(7)8/h1-4,10H,5-8H2;2*1-2H,(H,5,6)(H,7,8)/b;2*2-1-. The number of hydrogen-bond donors (Lipinski definition) is 5. The summed E-state index contributed by atoms with van der Waals surface area (Å²) in [5.41, 5.74) is 0. The number of carbonyl (C=O) groups is 4. The molecule has 1 aromatic heterocycles. The number of anilines is 1. The Hall–Kier alpha value is -3.73. The van der Waals surface area contributed by atoms with E-state index in [4.69, 9.17) is 20.4 Å². The van der Waals surface area contributed by atoms with Crippen LogP contribution < -0.4 is 10.2 Å². The van der Waals surface area contributed by atoms with Crippen molar-refractivity contribution in [1.29, 1.82) is 0 Å². The molecule has 0 amide bonds. The van der Waals surface area contributed by atoms with E-state index in [9.17, 15) is 19.2 Å². The van der Waals surface area contributed by atoms with Crippen LogP contribution in [0.25, 0.3) is 0 Å². The molecule has 0 spiro atoms. The number of rotatable bonds is 5. The number of nitrogens with zero attached hydrogens (tertiary/aromatic N) is 2. The fraction of sp³-hybridized carbons (Fsp3) is 0.235. The maximum atomic E-state index is 9.55. The van der Waals surface area contributed by atoms with Crippen LogP contribution in [-0.2, 0) is 19.2 Å². The number of pyridine rings is 1. The van der Waals surface area contributed by atoms with E-state index >= 15 is 0 Å². The minimum atomic E-state index is -1.26. The van der Waals surface area contributed by atoms with Crippen LogP contribution in [0.3, 0.4) is 0 Å². The van der Waals surface area contributed by atoms with Gasteiger partial charge < -0.3 is 30.6 Å². The predicted molar refractivity (Wildman–Crippen MR) is 98.1 cm³/mol. The molecule has 152 valence electrons. The zero-order chi connectivity index (χ0) is 21.4. The van der Waals surface area contributed by atoms with Crippen LogP contribution in [0, 0.1) is 0 Å². The van der Waals surface area contributed by atoms with Crippen molar-refractivity contribution in [3.8, 4) is 0 Å². The molecule has 1 fully saturated rings. The molecule has 0 saturated carbocycles. The second-order valence-corrected chi connectivity index (χ2v) is 4.94. The summed E-state index contributed by atoms with van der Waals surface area (Å²) < 4.78 is 0. The Morgan fingerprint density at radius 2 is 1.25 bits per heavy atom. The molecule has 1 aliphatic heterocycles. The summed E-state index contributed by atoms with van der Waals surface area (Å²) in [6.45, 7) is 4.27. The highest BCUT2D eigenvalue weighted by Gasteiger charge is 2.09. The van der Waals surface area contributed by atoms with E-state index in [0.29, 0.717) is 24.3 Å². The molecule has 2 heterocycles. The largest absolute Gasteiger partial charge is 0.478 e. The molecule has 0 aliphatic carbocycles. The normalized spacial score (nSPS) is 13.1. The van der Waals surface area contributed by atoms with Crippen molar-refractivity contribution in [1.82, 2.24) is 10.3 Å². The van der Waals surface area contributed by atoms with Crippen LogP contribution >= 0.6 is 0 Å². The van der Waals surface area contributed by atoms with E-state index in [1.807, 2.05) is 18.3 Å². The van der Waals surface area contributed by atoms with E-state index in [1.165, 1.54) is 0 Å². The summed E-state index contributed by atoms with van der Waals surface area (Å²) in [5.74, 6) is -3.93. The van der Waals surface area contributed by atoms with Crippen molar-refractivity contribution in [3.05, 3.63) is 48.7 Å². The highest BCUT2D eigenvalue weighted by molar-refractivity contribution is 5.90. The van der Waals surface area contributed by atoms with Crippen LogP contribution in [0.4, 0.5) is 5.82 Å². The van der Waals surface area contributed by atoms with E-state index in [2.05, 4.69) is 21.3 Å². The Morgan fingerprint density at radius 1 is 0.821 bits per heavy atom. The first-order valence-electron chi connectivity index (χ1n) is 7.87. The number of carboxylic acid groups (broad SMARTS) is 4. The van der Waals surface area contributed by atoms with Gasteiger partial charge in [0.25, 0.3) is 0 Å². The Labute approximate surface area is 160 Å². The smallest absolute Gasteiger partial charge is 0.328 e. The van der Waals surface area contributed by atoms with Gasteiger partial charge in [0, 0.05) is 56.7 Å². The molecule has 11 nitrogen and oxygen atoms in total. The summed E-state index contributed by atoms with van der Waals surface area (Å²) >= 11 is 0. The van der Waals surface area contributed by atoms with Crippen molar-refractivity contribution in [2.24, 2.45) is 0 Å². The van der Waals surface area contributed by atoms with Gasteiger partial charge in [0.1, 0.15) is 5.82 Å². The number of aromatic nitrogens is 1. The van der Waals surface area contributed by atoms with Gasteiger partial charge in [0.15, 0.2) is 0 Å². The summed E-state index contributed by atoms with van der Waals surface area (Å²) in [4.78, 5) is 44.8. The van der Waals surface area contributed by atoms with Crippen LogP contribution in [0.2, 0.25) is 0 Å². The average molecular weight is 395 g/mol. The van der Waals surface area contributed by atoms with Crippen LogP contribution in [0.5, 0.6) is 0 Å². The summed E-state index contributed by atoms with van der Waals surface area (Å²) in [6, 6.07) is 6.04. The molecule has 0 bridgehead atoms. The minimum Gasteiger partial charge on any atom is -0.478 e. The molecule has 28 heavy (non-hydrogen) atoms. The van der Waals surface area contributed by atoms with Gasteiger partial charge in [0.2, 0.25) is 0 Å². The number of nitrogens with one attached hydrogen (secondary N) is 1. The fourth-order valence-corrected chi connectivity index (χ4v) is 1.72. The summed E-state index contributed by atoms with van der Waals surface area (Å²) in [6.07, 6.45) is 4.08. The van der Waals surface area contributed by atoms with Crippen LogP contribution in [0.1, 0.15) is 0 Å². The van der Waals surface area contributed by atoms with Crippen molar-refractivity contribution < 1.29 is 39.6 Å². The second-order valence-electron chi connectivity index (χ2n) is 4.94. The highest BCUT2D eigenvalue weighted by atomic mass is 16.4. The number of hydrogen-bond acceptors (Lipinski definition) is 7. The zero-order valence-electron chi connectivity index (χ0n) is 14.8. The summed E-state index contributed by atoms with van der Waals surface area (Å²) in [7, 11) is 0. The molecular weight excluding hydrogens is 374 g/mol. The first kappa shape index (κ1) is 24.3. The first-order chi connectivity index (χ1) is 13.2. The summed E-state index contributed by atoms with van der Waals surface area (Å²) in [5, 5.41) is 34.6. The molecule has 0 unspecified atom stereocenters. The molecule has 1 saturated heterocycles. The molecular formula is C17H21N3O8. The third-order valence-electron chi connectivity index (χ3n) is 2.83. The third-order valence-corrected chi connectivity index (χ3v) is 2.83. The Bertz CT molecular complexity index is 632. The van der Waals surface area contributed by atoms with E-state index in [1.54, 1.807) is 0 Å². The quantitative estimate of drug-likeness (QED) is 0.421. The molecule has 11 heteroatoms. The third kappa shape index (κ3) is 14.6. The fourth-order valence-electron chi connectivity index (χ4n) is 1.72. The number of carboxylic acids is 4. The Balaban J connectivity index is 0.000000408. The molecule has 2 rings (SSSR count). The molecule has 1 aromatic rings. The lowest BCUT2D eigenvalue weighted by Crippen LogP contribution is -2.43. The van der Waals surface area contributed by atoms with E-state index < -0.39 is 23.9 Å². The molecule has 0 aromatic carbocycles. The number of piperazine rings is 1. The van der Waals surface area contributed by atoms with Gasteiger partial charge in [-0.25, -0.2) is 24.2 Å². The molecule has 5 N–H and O–H groups in total. The average Bonchev–Trinajstić information content (AvgIpc) is 2.67. The maximum Gasteiger partial charge on any atom is 0.328 e. The Morgan fingerprint density at radius 3 is 1.57 bits per heavy atom. The van der Waals surface area contributed by atoms with Crippen molar-refractivity contribution in [3.63, 3.8) is 0 Å². The van der Waals surface area contributed by atoms with Gasteiger partial charge in [-0.1, -0.05) is 6.07 Å². The van der Waals surface area contributed by atoms with Crippen molar-refractivity contribution in [2.45, 2.75) is 0 Å². The minimum absolute atomic E-state index is 0.558. The lowest BCUT2D eigenvalue weighted by molar-refractivity contribution is -0.134. The number of aliphatic carboxylic acids is 4. The van der Waals surface area contributed by atoms with Gasteiger partial charge >= 0.3 is 23.9 Å². The topological polar surface area (TPSA) is 177 Å². The van der Waals surface area contributed by atoms with Gasteiger partial charge in [0.05, 0.1) is 0 Å². The van der Waals surface area contributed by atoms with Crippen LogP contribution in [0.15, 0.2) is 48.7 Å². The molecule has 1 aliphatic rings. The van der Waals surface area contributed by atoms with Crippen molar-refractivity contribution >= 4 is 29.7 Å². The molecule has 0 atom stereocenters. The first-order valence-corrected chi connectivity index (χ1v) is 7.87. The monoisotopic (exact) mass is 395 g/mol. The van der Waals surface area contributed by atoms with Gasteiger partial charge in [-0.15, -0.1) is 0 Å². The zero-order valence-corrected chi connectivity index (χ0v) is 14.8.